The van der Waals surface area contributed by atoms with Crippen LogP contribution in [0.3, 0.4) is 0 Å². The van der Waals surface area contributed by atoms with E-state index in [9.17, 15) is 14.7 Å². The Hall–Kier alpha value is -3.71. The van der Waals surface area contributed by atoms with Gasteiger partial charge in [0.05, 0.1) is 6.61 Å². The minimum atomic E-state index is -0.494. The van der Waals surface area contributed by atoms with Crippen molar-refractivity contribution in [2.45, 2.75) is 72.4 Å². The molecule has 0 bridgehead atoms. The summed E-state index contributed by atoms with van der Waals surface area (Å²) in [7, 11) is 0. The maximum Gasteiger partial charge on any atom is 0.294 e. The van der Waals surface area contributed by atoms with Crippen LogP contribution in [0, 0.1) is 0 Å². The zero-order valence-electron chi connectivity index (χ0n) is 23.6. The van der Waals surface area contributed by atoms with E-state index in [0.717, 1.165) is 36.0 Å². The van der Waals surface area contributed by atoms with Crippen molar-refractivity contribution in [3.63, 3.8) is 0 Å². The van der Waals surface area contributed by atoms with E-state index < -0.39 is 11.5 Å². The Kier molecular flexibility index (Phi) is 11.5. The third kappa shape index (κ3) is 7.90. The molecular formula is C32H41N3O4. The van der Waals surface area contributed by atoms with Crippen molar-refractivity contribution in [2.75, 3.05) is 13.2 Å². The van der Waals surface area contributed by atoms with Crippen molar-refractivity contribution in [1.82, 2.24) is 14.9 Å². The molecule has 7 heteroatoms. The zero-order valence-corrected chi connectivity index (χ0v) is 23.6. The lowest BCUT2D eigenvalue weighted by Gasteiger charge is -2.26. The van der Waals surface area contributed by atoms with Gasteiger partial charge in [0.1, 0.15) is 12.4 Å². The summed E-state index contributed by atoms with van der Waals surface area (Å²) in [5, 5.41) is 9.54. The number of ether oxygens (including phenoxy) is 1. The van der Waals surface area contributed by atoms with Crippen LogP contribution < -0.4 is 10.3 Å². The first-order valence-electron chi connectivity index (χ1n) is 14.0. The van der Waals surface area contributed by atoms with Gasteiger partial charge in [-0.3, -0.25) is 9.59 Å². The molecule has 0 unspecified atom stereocenters. The maximum absolute atomic E-state index is 13.6. The predicted octanol–water partition coefficient (Wildman–Crippen LogP) is 5.77. The Balaban J connectivity index is 0.00000205. The first-order chi connectivity index (χ1) is 19.0. The number of benzene rings is 2. The lowest BCUT2D eigenvalue weighted by molar-refractivity contribution is 0.0653. The third-order valence-electron chi connectivity index (χ3n) is 6.59. The number of hydrogen-bond donors (Lipinski definition) is 2. The fraction of sp³-hybridized carbons (Fsp3) is 0.406. The van der Waals surface area contributed by atoms with Crippen LogP contribution in [0.4, 0.5) is 0 Å². The van der Waals surface area contributed by atoms with E-state index in [1.807, 2.05) is 76.2 Å². The van der Waals surface area contributed by atoms with E-state index in [0.29, 0.717) is 12.2 Å². The molecule has 7 nitrogen and oxygen atoms in total. The molecule has 2 aromatic carbocycles. The summed E-state index contributed by atoms with van der Waals surface area (Å²) in [6.07, 6.45) is 7.14. The second-order valence-corrected chi connectivity index (χ2v) is 9.59. The van der Waals surface area contributed by atoms with Gasteiger partial charge >= 0.3 is 0 Å². The monoisotopic (exact) mass is 531 g/mol. The van der Waals surface area contributed by atoms with Crippen LogP contribution in [0.15, 0.2) is 65.5 Å². The Morgan fingerprint density at radius 3 is 2.46 bits per heavy atom. The number of aromatic nitrogens is 2. The molecule has 0 fully saturated rings. The van der Waals surface area contributed by atoms with Crippen LogP contribution in [-0.4, -0.2) is 45.1 Å². The van der Waals surface area contributed by atoms with Gasteiger partial charge in [0.25, 0.3) is 11.5 Å². The number of aromatic amines is 1. The normalized spacial score (nSPS) is 12.8. The Bertz CT molecular complexity index is 1300. The standard InChI is InChI=1S/C30H35N3O4.C2H6/c1-21(2)33(17-18-34)30(36)27-28(37-20-22-11-5-3-6-12-22)29(35)32-26(31-27)19-24-15-9-10-16-25(24)23-13-7-4-8-14-23;1-2/h3,5-6,9-13,15-16,21,34H,4,7-8,14,17-20H2,1-2H3,(H,31,32,35);1-2H3. The third-order valence-corrected chi connectivity index (χ3v) is 6.59. The summed E-state index contributed by atoms with van der Waals surface area (Å²) >= 11 is 0. The van der Waals surface area contributed by atoms with Crippen LogP contribution in [0.1, 0.15) is 86.4 Å². The molecule has 208 valence electrons. The van der Waals surface area contributed by atoms with Crippen LogP contribution in [0.2, 0.25) is 0 Å². The maximum atomic E-state index is 13.6. The van der Waals surface area contributed by atoms with Gasteiger partial charge < -0.3 is 19.7 Å². The van der Waals surface area contributed by atoms with Gasteiger partial charge in [0, 0.05) is 19.0 Å². The molecule has 0 radical (unpaired) electrons. The summed E-state index contributed by atoms with van der Waals surface area (Å²) in [4.78, 5) is 35.8. The van der Waals surface area contributed by atoms with Crippen molar-refractivity contribution in [2.24, 2.45) is 0 Å². The lowest BCUT2D eigenvalue weighted by Crippen LogP contribution is -2.40. The highest BCUT2D eigenvalue weighted by molar-refractivity contribution is 5.95. The highest BCUT2D eigenvalue weighted by Gasteiger charge is 2.27. The number of amides is 1. The molecule has 0 atom stereocenters. The van der Waals surface area contributed by atoms with Crippen molar-refractivity contribution in [3.05, 3.63) is 99.2 Å². The molecule has 1 amide bonds. The topological polar surface area (TPSA) is 95.5 Å². The van der Waals surface area contributed by atoms with Crippen LogP contribution in [0.25, 0.3) is 5.57 Å². The van der Waals surface area contributed by atoms with Gasteiger partial charge in [-0.25, -0.2) is 4.98 Å². The zero-order chi connectivity index (χ0) is 28.2. The van der Waals surface area contributed by atoms with Crippen LogP contribution >= 0.6 is 0 Å². The van der Waals surface area contributed by atoms with Gasteiger partial charge in [-0.15, -0.1) is 0 Å². The Morgan fingerprint density at radius 2 is 1.79 bits per heavy atom. The van der Waals surface area contributed by atoms with E-state index in [4.69, 9.17) is 4.74 Å². The van der Waals surface area contributed by atoms with Gasteiger partial charge in [-0.05, 0) is 61.8 Å². The van der Waals surface area contributed by atoms with Gasteiger partial charge in [0.15, 0.2) is 5.69 Å². The molecule has 1 aliphatic carbocycles. The van der Waals surface area contributed by atoms with E-state index in [1.54, 1.807) is 0 Å². The molecule has 2 N–H and O–H groups in total. The van der Waals surface area contributed by atoms with E-state index in [2.05, 4.69) is 22.1 Å². The van der Waals surface area contributed by atoms with Gasteiger partial charge in [-0.1, -0.05) is 74.5 Å². The number of nitrogens with one attached hydrogen (secondary N) is 1. The average molecular weight is 532 g/mol. The number of H-pyrrole nitrogens is 1. The van der Waals surface area contributed by atoms with E-state index in [1.165, 1.54) is 16.9 Å². The minimum absolute atomic E-state index is 0.0359. The molecule has 0 saturated heterocycles. The summed E-state index contributed by atoms with van der Waals surface area (Å²) < 4.78 is 5.88. The molecule has 0 spiro atoms. The van der Waals surface area contributed by atoms with Crippen molar-refractivity contribution >= 4 is 11.5 Å². The summed E-state index contributed by atoms with van der Waals surface area (Å²) in [5.41, 5.74) is 3.86. The smallest absolute Gasteiger partial charge is 0.294 e. The quantitative estimate of drug-likeness (QED) is 0.347. The number of rotatable bonds is 10. The average Bonchev–Trinajstić information content (AvgIpc) is 2.97. The number of aliphatic hydroxyl groups is 1. The van der Waals surface area contributed by atoms with Crippen molar-refractivity contribution in [1.29, 1.82) is 0 Å². The van der Waals surface area contributed by atoms with E-state index >= 15 is 0 Å². The molecular weight excluding hydrogens is 490 g/mol. The van der Waals surface area contributed by atoms with E-state index in [-0.39, 0.29) is 37.2 Å². The summed E-state index contributed by atoms with van der Waals surface area (Å²) in [6.45, 7) is 7.79. The molecule has 39 heavy (non-hydrogen) atoms. The molecule has 1 heterocycles. The van der Waals surface area contributed by atoms with Crippen molar-refractivity contribution < 1.29 is 14.6 Å². The second kappa shape index (κ2) is 15.0. The van der Waals surface area contributed by atoms with Gasteiger partial charge in [-0.2, -0.15) is 0 Å². The Morgan fingerprint density at radius 1 is 1.08 bits per heavy atom. The first kappa shape index (κ1) is 29.8. The summed E-state index contributed by atoms with van der Waals surface area (Å²) in [6, 6.07) is 17.4. The molecule has 1 aliphatic rings. The lowest BCUT2D eigenvalue weighted by atomic mass is 9.90. The first-order valence-corrected chi connectivity index (χ1v) is 14.0. The fourth-order valence-electron chi connectivity index (χ4n) is 4.69. The highest BCUT2D eigenvalue weighted by atomic mass is 16.5. The summed E-state index contributed by atoms with van der Waals surface area (Å²) in [5.74, 6) is -0.149. The highest BCUT2D eigenvalue weighted by Crippen LogP contribution is 2.30. The molecule has 0 aliphatic heterocycles. The molecule has 3 aromatic rings. The fourth-order valence-corrected chi connectivity index (χ4v) is 4.69. The van der Waals surface area contributed by atoms with Crippen LogP contribution in [0.5, 0.6) is 5.75 Å². The minimum Gasteiger partial charge on any atom is -0.481 e. The molecule has 0 saturated carbocycles. The largest absolute Gasteiger partial charge is 0.481 e. The number of allylic oxidation sites excluding steroid dienone is 2. The predicted molar refractivity (Wildman–Crippen MR) is 156 cm³/mol. The van der Waals surface area contributed by atoms with Crippen molar-refractivity contribution in [3.8, 4) is 5.75 Å². The van der Waals surface area contributed by atoms with Gasteiger partial charge in [0.2, 0.25) is 5.75 Å². The van der Waals surface area contributed by atoms with Crippen LogP contribution in [-0.2, 0) is 13.0 Å². The second-order valence-electron chi connectivity index (χ2n) is 9.59. The molecule has 1 aromatic heterocycles. The number of aliphatic hydroxyl groups excluding tert-OH is 1. The molecule has 4 rings (SSSR count). The number of carbonyl (C=O) groups excluding carboxylic acids is 1. The number of carbonyl (C=O) groups is 1. The SMILES string of the molecule is CC.CC(C)N(CCO)C(=O)c1nc(Cc2ccccc2C2=CCCCC2)[nH]c(=O)c1OCc1ccccc1. The number of nitrogens with zero attached hydrogens (tertiary/aromatic N) is 2. The number of hydrogen-bond acceptors (Lipinski definition) is 5. The Labute approximate surface area is 231 Å².